The van der Waals surface area contributed by atoms with Gasteiger partial charge in [0.15, 0.2) is 0 Å². The molecule has 1 aromatic rings. The van der Waals surface area contributed by atoms with E-state index in [2.05, 4.69) is 10.3 Å². The first kappa shape index (κ1) is 10.9. The van der Waals surface area contributed by atoms with Gasteiger partial charge in [-0.25, -0.2) is 4.98 Å². The maximum absolute atomic E-state index is 5.77. The summed E-state index contributed by atoms with van der Waals surface area (Å²) < 4.78 is 0. The highest BCUT2D eigenvalue weighted by Gasteiger charge is 2.40. The lowest BCUT2D eigenvalue weighted by Gasteiger charge is -2.16. The maximum Gasteiger partial charge on any atom is 0.126 e. The molecule has 1 heterocycles. The van der Waals surface area contributed by atoms with Gasteiger partial charge >= 0.3 is 0 Å². The van der Waals surface area contributed by atoms with Crippen molar-refractivity contribution in [2.75, 3.05) is 17.6 Å². The first-order chi connectivity index (χ1) is 8.24. The minimum absolute atomic E-state index is 0.775. The van der Waals surface area contributed by atoms with Crippen molar-refractivity contribution in [3.05, 3.63) is 17.8 Å². The van der Waals surface area contributed by atoms with E-state index in [1.165, 1.54) is 25.7 Å². The number of aromatic nitrogens is 1. The van der Waals surface area contributed by atoms with Crippen molar-refractivity contribution in [2.45, 2.75) is 32.6 Å². The predicted molar refractivity (Wildman–Crippen MR) is 70.8 cm³/mol. The van der Waals surface area contributed by atoms with Crippen LogP contribution in [0.5, 0.6) is 0 Å². The van der Waals surface area contributed by atoms with E-state index in [1.807, 2.05) is 13.0 Å². The largest absolute Gasteiger partial charge is 0.397 e. The summed E-state index contributed by atoms with van der Waals surface area (Å²) in [5.41, 5.74) is 7.65. The molecular formula is C14H21N3. The van der Waals surface area contributed by atoms with Gasteiger partial charge in [0.1, 0.15) is 5.82 Å². The third kappa shape index (κ3) is 2.54. The second kappa shape index (κ2) is 4.21. The first-order valence-electron chi connectivity index (χ1n) is 6.70. The number of hydrogen-bond acceptors (Lipinski definition) is 3. The molecule has 0 amide bonds. The van der Waals surface area contributed by atoms with E-state index >= 15 is 0 Å². The lowest BCUT2D eigenvalue weighted by atomic mass is 9.98. The van der Waals surface area contributed by atoms with Gasteiger partial charge in [0.25, 0.3) is 0 Å². The molecule has 2 aliphatic rings. The molecule has 2 fully saturated rings. The Morgan fingerprint density at radius 1 is 1.35 bits per heavy atom. The van der Waals surface area contributed by atoms with E-state index in [9.17, 15) is 0 Å². The third-order valence-electron chi connectivity index (χ3n) is 4.13. The molecule has 92 valence electrons. The van der Waals surface area contributed by atoms with E-state index < -0.39 is 0 Å². The normalized spacial score (nSPS) is 19.6. The van der Waals surface area contributed by atoms with Gasteiger partial charge < -0.3 is 11.1 Å². The molecule has 0 spiro atoms. The highest BCUT2D eigenvalue weighted by Crippen LogP contribution is 2.49. The van der Waals surface area contributed by atoms with Crippen LogP contribution in [0.15, 0.2) is 12.3 Å². The molecule has 17 heavy (non-hydrogen) atoms. The molecule has 3 rings (SSSR count). The standard InChI is InChI=1S/C14H21N3/c1-9-6-14(17-8-13(9)15)16-7-12(10-2-3-10)11-4-5-11/h6,8,10-12H,2-5,7,15H2,1H3,(H,16,17). The SMILES string of the molecule is Cc1cc(NCC(C2CC2)C2CC2)ncc1N. The van der Waals surface area contributed by atoms with Gasteiger partial charge in [-0.1, -0.05) is 0 Å². The number of pyridine rings is 1. The minimum Gasteiger partial charge on any atom is -0.397 e. The number of rotatable bonds is 5. The third-order valence-corrected chi connectivity index (χ3v) is 4.13. The van der Waals surface area contributed by atoms with Gasteiger partial charge in [-0.2, -0.15) is 0 Å². The summed E-state index contributed by atoms with van der Waals surface area (Å²) in [6, 6.07) is 2.05. The van der Waals surface area contributed by atoms with Crippen LogP contribution in [0.3, 0.4) is 0 Å². The van der Waals surface area contributed by atoms with E-state index in [4.69, 9.17) is 5.73 Å². The molecule has 1 aromatic heterocycles. The van der Waals surface area contributed by atoms with Gasteiger partial charge in [-0.05, 0) is 62.0 Å². The van der Waals surface area contributed by atoms with Crippen molar-refractivity contribution in [3.63, 3.8) is 0 Å². The topological polar surface area (TPSA) is 50.9 Å². The number of nitrogens with zero attached hydrogens (tertiary/aromatic N) is 1. The lowest BCUT2D eigenvalue weighted by molar-refractivity contribution is 0.427. The summed E-state index contributed by atoms with van der Waals surface area (Å²) in [6.45, 7) is 3.12. The highest BCUT2D eigenvalue weighted by atomic mass is 15.0. The molecule has 3 N–H and O–H groups in total. The van der Waals surface area contributed by atoms with Crippen molar-refractivity contribution in [1.82, 2.24) is 4.98 Å². The van der Waals surface area contributed by atoms with Crippen molar-refractivity contribution in [1.29, 1.82) is 0 Å². The molecule has 2 saturated carbocycles. The fourth-order valence-electron chi connectivity index (χ4n) is 2.65. The minimum atomic E-state index is 0.775. The predicted octanol–water partition coefficient (Wildman–Crippen LogP) is 2.82. The smallest absolute Gasteiger partial charge is 0.126 e. The van der Waals surface area contributed by atoms with Crippen LogP contribution in [0, 0.1) is 24.7 Å². The zero-order valence-corrected chi connectivity index (χ0v) is 10.4. The molecule has 3 nitrogen and oxygen atoms in total. The molecule has 2 aliphatic carbocycles. The first-order valence-corrected chi connectivity index (χ1v) is 6.70. The zero-order chi connectivity index (χ0) is 11.8. The monoisotopic (exact) mass is 231 g/mol. The molecule has 0 atom stereocenters. The second-order valence-corrected chi connectivity index (χ2v) is 5.65. The van der Waals surface area contributed by atoms with Gasteiger partial charge in [-0.15, -0.1) is 0 Å². The zero-order valence-electron chi connectivity index (χ0n) is 10.4. The van der Waals surface area contributed by atoms with E-state index in [1.54, 1.807) is 6.20 Å². The number of hydrogen-bond donors (Lipinski definition) is 2. The maximum atomic E-state index is 5.77. The van der Waals surface area contributed by atoms with Crippen LogP contribution in [0.1, 0.15) is 31.2 Å². The number of nitrogens with two attached hydrogens (primary N) is 1. The lowest BCUT2D eigenvalue weighted by Crippen LogP contribution is -2.18. The number of anilines is 2. The van der Waals surface area contributed by atoms with E-state index in [0.717, 1.165) is 41.4 Å². The highest BCUT2D eigenvalue weighted by molar-refractivity contribution is 5.50. The van der Waals surface area contributed by atoms with Crippen LogP contribution in [0.25, 0.3) is 0 Å². The van der Waals surface area contributed by atoms with Crippen molar-refractivity contribution < 1.29 is 0 Å². The van der Waals surface area contributed by atoms with E-state index in [0.29, 0.717) is 0 Å². The number of nitrogens with one attached hydrogen (secondary N) is 1. The molecule has 0 aliphatic heterocycles. The molecule has 0 radical (unpaired) electrons. The second-order valence-electron chi connectivity index (χ2n) is 5.65. The Morgan fingerprint density at radius 2 is 2.00 bits per heavy atom. The molecular weight excluding hydrogens is 210 g/mol. The quantitative estimate of drug-likeness (QED) is 0.819. The Balaban J connectivity index is 1.60. The number of nitrogen functional groups attached to an aromatic ring is 1. The Hall–Kier alpha value is -1.25. The Kier molecular flexibility index (Phi) is 2.69. The molecule has 0 unspecified atom stereocenters. The molecule has 3 heteroatoms. The Bertz CT molecular complexity index is 396. The van der Waals surface area contributed by atoms with Crippen LogP contribution < -0.4 is 11.1 Å². The van der Waals surface area contributed by atoms with Crippen LogP contribution >= 0.6 is 0 Å². The van der Waals surface area contributed by atoms with Crippen LogP contribution in [0.2, 0.25) is 0 Å². The van der Waals surface area contributed by atoms with Crippen LogP contribution in [0.4, 0.5) is 11.5 Å². The molecule has 0 bridgehead atoms. The summed E-state index contributed by atoms with van der Waals surface area (Å²) in [5.74, 6) is 3.84. The van der Waals surface area contributed by atoms with E-state index in [-0.39, 0.29) is 0 Å². The van der Waals surface area contributed by atoms with Gasteiger partial charge in [0, 0.05) is 6.54 Å². The summed E-state index contributed by atoms with van der Waals surface area (Å²) in [6.07, 6.45) is 7.52. The summed E-state index contributed by atoms with van der Waals surface area (Å²) >= 11 is 0. The summed E-state index contributed by atoms with van der Waals surface area (Å²) in [5, 5.41) is 3.49. The fraction of sp³-hybridized carbons (Fsp3) is 0.643. The van der Waals surface area contributed by atoms with Crippen molar-refractivity contribution >= 4 is 11.5 Å². The van der Waals surface area contributed by atoms with Gasteiger partial charge in [0.2, 0.25) is 0 Å². The van der Waals surface area contributed by atoms with Crippen LogP contribution in [-0.4, -0.2) is 11.5 Å². The fourth-order valence-corrected chi connectivity index (χ4v) is 2.65. The number of aryl methyl sites for hydroxylation is 1. The van der Waals surface area contributed by atoms with Gasteiger partial charge in [-0.3, -0.25) is 0 Å². The summed E-state index contributed by atoms with van der Waals surface area (Å²) in [7, 11) is 0. The Labute approximate surface area is 103 Å². The van der Waals surface area contributed by atoms with Crippen molar-refractivity contribution in [3.8, 4) is 0 Å². The molecule has 0 aromatic carbocycles. The van der Waals surface area contributed by atoms with Crippen LogP contribution in [-0.2, 0) is 0 Å². The average Bonchev–Trinajstić information content (AvgIpc) is 3.14. The van der Waals surface area contributed by atoms with Gasteiger partial charge in [0.05, 0.1) is 11.9 Å². The summed E-state index contributed by atoms with van der Waals surface area (Å²) in [4.78, 5) is 4.33. The average molecular weight is 231 g/mol. The van der Waals surface area contributed by atoms with Crippen molar-refractivity contribution in [2.24, 2.45) is 17.8 Å². The molecule has 0 saturated heterocycles. The Morgan fingerprint density at radius 3 is 2.53 bits per heavy atom.